The van der Waals surface area contributed by atoms with Crippen LogP contribution < -0.4 is 0 Å². The molecule has 1 aliphatic rings. The second-order valence-electron chi connectivity index (χ2n) is 6.08. The highest BCUT2D eigenvalue weighted by atomic mass is 19.1. The molecule has 2 nitrogen and oxygen atoms in total. The van der Waals surface area contributed by atoms with Gasteiger partial charge in [0.05, 0.1) is 0 Å². The third-order valence-electron chi connectivity index (χ3n) is 3.77. The van der Waals surface area contributed by atoms with Gasteiger partial charge in [-0.05, 0) is 36.5 Å². The average Bonchev–Trinajstić information content (AvgIpc) is 2.79. The summed E-state index contributed by atoms with van der Waals surface area (Å²) in [4.78, 5) is 2.45. The van der Waals surface area contributed by atoms with Crippen molar-refractivity contribution in [2.45, 2.75) is 52.1 Å². The van der Waals surface area contributed by atoms with E-state index >= 15 is 0 Å². The zero-order valence-electron chi connectivity index (χ0n) is 11.9. The summed E-state index contributed by atoms with van der Waals surface area (Å²) in [5.74, 6) is 0.264. The molecule has 0 aromatic heterocycles. The zero-order chi connectivity index (χ0) is 13.8. The molecule has 1 aromatic carbocycles. The van der Waals surface area contributed by atoms with Crippen LogP contribution in [-0.2, 0) is 6.54 Å². The topological polar surface area (TPSA) is 23.5 Å². The Morgan fingerprint density at radius 1 is 1.26 bits per heavy atom. The van der Waals surface area contributed by atoms with Crippen molar-refractivity contribution in [1.29, 1.82) is 0 Å². The van der Waals surface area contributed by atoms with Gasteiger partial charge in [-0.25, -0.2) is 4.39 Å². The molecule has 0 saturated heterocycles. The van der Waals surface area contributed by atoms with Crippen LogP contribution in [0.1, 0.15) is 45.1 Å². The minimum atomic E-state index is -0.356. The first-order valence-corrected chi connectivity index (χ1v) is 7.27. The van der Waals surface area contributed by atoms with Gasteiger partial charge in [0.1, 0.15) is 11.6 Å². The first kappa shape index (κ1) is 14.3. The Morgan fingerprint density at radius 3 is 2.53 bits per heavy atom. The molecule has 106 valence electrons. The Kier molecular flexibility index (Phi) is 4.81. The third kappa shape index (κ3) is 4.20. The molecule has 0 spiro atoms. The second-order valence-corrected chi connectivity index (χ2v) is 6.08. The van der Waals surface area contributed by atoms with E-state index in [-0.39, 0.29) is 11.6 Å². The second kappa shape index (κ2) is 6.38. The lowest BCUT2D eigenvalue weighted by Crippen LogP contribution is -2.35. The number of halogens is 1. The average molecular weight is 265 g/mol. The Morgan fingerprint density at radius 2 is 1.95 bits per heavy atom. The Bertz CT molecular complexity index is 393. The van der Waals surface area contributed by atoms with E-state index in [1.165, 1.54) is 31.7 Å². The molecule has 0 heterocycles. The number of hydrogen-bond acceptors (Lipinski definition) is 2. The predicted molar refractivity (Wildman–Crippen MR) is 75.6 cm³/mol. The highest BCUT2D eigenvalue weighted by molar-refractivity contribution is 5.28. The summed E-state index contributed by atoms with van der Waals surface area (Å²) in [6.45, 7) is 6.19. The lowest BCUT2D eigenvalue weighted by atomic mass is 10.1. The van der Waals surface area contributed by atoms with E-state index in [4.69, 9.17) is 0 Å². The SMILES string of the molecule is CC(C)CN(Cc1cc(O)cc(F)c1)C1CCCC1. The lowest BCUT2D eigenvalue weighted by Gasteiger charge is -2.30. The van der Waals surface area contributed by atoms with E-state index in [0.717, 1.165) is 24.7 Å². The van der Waals surface area contributed by atoms with Crippen LogP contribution in [-0.4, -0.2) is 22.6 Å². The van der Waals surface area contributed by atoms with Crippen LogP contribution in [0.4, 0.5) is 4.39 Å². The molecule has 19 heavy (non-hydrogen) atoms. The normalized spacial score (nSPS) is 16.7. The van der Waals surface area contributed by atoms with Crippen molar-refractivity contribution in [3.8, 4) is 5.75 Å². The number of benzene rings is 1. The summed E-state index contributed by atoms with van der Waals surface area (Å²) in [6.07, 6.45) is 5.09. The maximum atomic E-state index is 13.3. The lowest BCUT2D eigenvalue weighted by molar-refractivity contribution is 0.168. The molecule has 2 rings (SSSR count). The van der Waals surface area contributed by atoms with Gasteiger partial charge in [-0.1, -0.05) is 26.7 Å². The number of phenols is 1. The molecule has 0 amide bonds. The highest BCUT2D eigenvalue weighted by Gasteiger charge is 2.23. The van der Waals surface area contributed by atoms with Crippen LogP contribution in [0.5, 0.6) is 5.75 Å². The maximum Gasteiger partial charge on any atom is 0.127 e. The molecule has 1 aromatic rings. The fraction of sp³-hybridized carbons (Fsp3) is 0.625. The van der Waals surface area contributed by atoms with Crippen LogP contribution in [0.3, 0.4) is 0 Å². The number of nitrogens with zero attached hydrogens (tertiary/aromatic N) is 1. The quantitative estimate of drug-likeness (QED) is 0.872. The van der Waals surface area contributed by atoms with Gasteiger partial charge in [-0.15, -0.1) is 0 Å². The largest absolute Gasteiger partial charge is 0.508 e. The molecule has 0 aliphatic heterocycles. The van der Waals surface area contributed by atoms with Crippen LogP contribution in [0.15, 0.2) is 18.2 Å². The third-order valence-corrected chi connectivity index (χ3v) is 3.77. The molecule has 1 saturated carbocycles. The fourth-order valence-corrected chi connectivity index (χ4v) is 3.04. The smallest absolute Gasteiger partial charge is 0.127 e. The highest BCUT2D eigenvalue weighted by Crippen LogP contribution is 2.26. The summed E-state index contributed by atoms with van der Waals surface area (Å²) in [5, 5.41) is 9.50. The summed E-state index contributed by atoms with van der Waals surface area (Å²) in [6, 6.07) is 4.98. The van der Waals surface area contributed by atoms with Gasteiger partial charge < -0.3 is 5.11 Å². The van der Waals surface area contributed by atoms with Crippen LogP contribution in [0.25, 0.3) is 0 Å². The van der Waals surface area contributed by atoms with Crippen LogP contribution in [0, 0.1) is 11.7 Å². The zero-order valence-corrected chi connectivity index (χ0v) is 11.9. The van der Waals surface area contributed by atoms with Gasteiger partial charge in [0.15, 0.2) is 0 Å². The number of aromatic hydroxyl groups is 1. The summed E-state index contributed by atoms with van der Waals surface area (Å²) >= 11 is 0. The van der Waals surface area contributed by atoms with Crippen LogP contribution >= 0.6 is 0 Å². The standard InChI is InChI=1S/C16H24FNO/c1-12(2)10-18(15-5-3-4-6-15)11-13-7-14(17)9-16(19)8-13/h7-9,12,15,19H,3-6,10-11H2,1-2H3. The molecule has 1 fully saturated rings. The van der Waals surface area contributed by atoms with Gasteiger partial charge in [0.2, 0.25) is 0 Å². The van der Waals surface area contributed by atoms with Crippen molar-refractivity contribution in [2.24, 2.45) is 5.92 Å². The Balaban J connectivity index is 2.09. The van der Waals surface area contributed by atoms with E-state index in [0.29, 0.717) is 12.0 Å². The van der Waals surface area contributed by atoms with Crippen LogP contribution in [0.2, 0.25) is 0 Å². The molecule has 1 aliphatic carbocycles. The fourth-order valence-electron chi connectivity index (χ4n) is 3.04. The minimum absolute atomic E-state index is 0.0194. The van der Waals surface area contributed by atoms with E-state index in [1.807, 2.05) is 0 Å². The molecular formula is C16H24FNO. The number of hydrogen-bond donors (Lipinski definition) is 1. The molecule has 0 atom stereocenters. The summed E-state index contributed by atoms with van der Waals surface area (Å²) in [7, 11) is 0. The maximum absolute atomic E-state index is 13.3. The van der Waals surface area contributed by atoms with Gasteiger partial charge in [-0.3, -0.25) is 4.90 Å². The molecule has 1 N–H and O–H groups in total. The van der Waals surface area contributed by atoms with Gasteiger partial charge in [0.25, 0.3) is 0 Å². The van der Waals surface area contributed by atoms with Crippen molar-refractivity contribution in [1.82, 2.24) is 4.90 Å². The van der Waals surface area contributed by atoms with Crippen molar-refractivity contribution in [3.63, 3.8) is 0 Å². The monoisotopic (exact) mass is 265 g/mol. The van der Waals surface area contributed by atoms with Crippen molar-refractivity contribution in [3.05, 3.63) is 29.6 Å². The summed E-state index contributed by atoms with van der Waals surface area (Å²) < 4.78 is 13.3. The first-order valence-electron chi connectivity index (χ1n) is 7.27. The molecule has 0 bridgehead atoms. The van der Waals surface area contributed by atoms with Crippen molar-refractivity contribution >= 4 is 0 Å². The molecule has 0 unspecified atom stereocenters. The van der Waals surface area contributed by atoms with Crippen molar-refractivity contribution in [2.75, 3.05) is 6.54 Å². The van der Waals surface area contributed by atoms with Gasteiger partial charge >= 0.3 is 0 Å². The molecular weight excluding hydrogens is 241 g/mol. The Labute approximate surface area is 115 Å². The van der Waals surface area contributed by atoms with Gasteiger partial charge in [0, 0.05) is 25.2 Å². The molecule has 0 radical (unpaired) electrons. The first-order chi connectivity index (χ1) is 9.04. The summed E-state index contributed by atoms with van der Waals surface area (Å²) in [5.41, 5.74) is 0.866. The molecule has 3 heteroatoms. The van der Waals surface area contributed by atoms with E-state index in [1.54, 1.807) is 6.07 Å². The Hall–Kier alpha value is -1.09. The minimum Gasteiger partial charge on any atom is -0.508 e. The van der Waals surface area contributed by atoms with Gasteiger partial charge in [-0.2, -0.15) is 0 Å². The van der Waals surface area contributed by atoms with E-state index in [9.17, 15) is 9.50 Å². The number of rotatable bonds is 5. The van der Waals surface area contributed by atoms with E-state index < -0.39 is 0 Å². The number of phenolic OH excluding ortho intramolecular Hbond substituents is 1. The predicted octanol–water partition coefficient (Wildman–Crippen LogP) is 3.93. The van der Waals surface area contributed by atoms with Crippen molar-refractivity contribution < 1.29 is 9.50 Å². The van der Waals surface area contributed by atoms with E-state index in [2.05, 4.69) is 18.7 Å².